The quantitative estimate of drug-likeness (QED) is 0.589. The van der Waals surface area contributed by atoms with Gasteiger partial charge in [0.15, 0.2) is 10.9 Å². The van der Waals surface area contributed by atoms with E-state index in [1.165, 1.54) is 30.2 Å². The van der Waals surface area contributed by atoms with Crippen LogP contribution < -0.4 is 0 Å². The molecule has 1 aromatic carbocycles. The van der Waals surface area contributed by atoms with E-state index in [1.54, 1.807) is 0 Å². The molecule has 5 heteroatoms. The van der Waals surface area contributed by atoms with E-state index in [0.29, 0.717) is 6.04 Å². The molecule has 0 aliphatic heterocycles. The number of aryl methyl sites for hydroxylation is 1. The van der Waals surface area contributed by atoms with Crippen molar-refractivity contribution in [2.24, 2.45) is 0 Å². The number of hydrogen-bond acceptors (Lipinski definition) is 4. The predicted molar refractivity (Wildman–Crippen MR) is 97.8 cm³/mol. The molecule has 0 radical (unpaired) electrons. The number of rotatable bonds is 5. The maximum absolute atomic E-state index is 12.7. The van der Waals surface area contributed by atoms with Gasteiger partial charge in [0.25, 0.3) is 0 Å². The van der Waals surface area contributed by atoms with E-state index in [1.807, 2.05) is 26.0 Å². The van der Waals surface area contributed by atoms with Crippen molar-refractivity contribution in [1.29, 1.82) is 0 Å². The second kappa shape index (κ2) is 6.36. The first-order chi connectivity index (χ1) is 11.3. The minimum atomic E-state index is -0.174. The number of benzene rings is 1. The fraction of sp³-hybridized carbons (Fsp3) is 0.526. The van der Waals surface area contributed by atoms with Crippen LogP contribution in [0, 0.1) is 6.92 Å². The zero-order valence-corrected chi connectivity index (χ0v) is 15.9. The van der Waals surface area contributed by atoms with Gasteiger partial charge in [-0.2, -0.15) is 0 Å². The molecule has 1 aliphatic rings. The van der Waals surface area contributed by atoms with Crippen LogP contribution in [0.25, 0.3) is 0 Å². The van der Waals surface area contributed by atoms with E-state index in [0.717, 1.165) is 16.5 Å². The first-order valence-electron chi connectivity index (χ1n) is 8.50. The summed E-state index contributed by atoms with van der Waals surface area (Å²) in [7, 11) is 0. The molecule has 0 N–H and O–H groups in total. The van der Waals surface area contributed by atoms with Crippen LogP contribution in [0.1, 0.15) is 68.3 Å². The summed E-state index contributed by atoms with van der Waals surface area (Å²) in [5, 5.41) is 9.13. The van der Waals surface area contributed by atoms with Crippen molar-refractivity contribution in [3.63, 3.8) is 0 Å². The second-order valence-electron chi connectivity index (χ2n) is 7.58. The highest BCUT2D eigenvalue weighted by Crippen LogP contribution is 2.39. The van der Waals surface area contributed by atoms with E-state index >= 15 is 0 Å². The number of nitrogens with zero attached hydrogens (tertiary/aromatic N) is 3. The standard InChI is InChI=1S/C19H25N3OS/c1-12(24-18-21-20-13(2)22(18)16-10-11-16)17(23)14-6-8-15(9-7-14)19(3,4)5/h6-9,12,16H,10-11H2,1-5H3/t12-/m0/s1. The number of Topliss-reactive ketones (excluding diaryl/α,β-unsaturated/α-hetero) is 1. The molecule has 1 atom stereocenters. The van der Waals surface area contributed by atoms with Gasteiger partial charge in [-0.3, -0.25) is 4.79 Å². The molecule has 0 bridgehead atoms. The predicted octanol–water partition coefficient (Wildman–Crippen LogP) is 4.58. The lowest BCUT2D eigenvalue weighted by Gasteiger charge is -2.19. The molecule has 1 aliphatic carbocycles. The highest BCUT2D eigenvalue weighted by molar-refractivity contribution is 8.00. The summed E-state index contributed by atoms with van der Waals surface area (Å²) in [5.74, 6) is 1.08. The topological polar surface area (TPSA) is 47.8 Å². The zero-order valence-electron chi connectivity index (χ0n) is 15.0. The van der Waals surface area contributed by atoms with Crippen LogP contribution in [0.2, 0.25) is 0 Å². The van der Waals surface area contributed by atoms with Gasteiger partial charge in [0.05, 0.1) is 5.25 Å². The average Bonchev–Trinajstić information content (AvgIpc) is 3.30. The van der Waals surface area contributed by atoms with E-state index in [-0.39, 0.29) is 16.4 Å². The van der Waals surface area contributed by atoms with Gasteiger partial charge in [0, 0.05) is 11.6 Å². The van der Waals surface area contributed by atoms with Crippen LogP contribution in [0.15, 0.2) is 29.4 Å². The van der Waals surface area contributed by atoms with Gasteiger partial charge in [-0.1, -0.05) is 56.8 Å². The molecule has 128 valence electrons. The SMILES string of the molecule is Cc1nnc(S[C@@H](C)C(=O)c2ccc(C(C)(C)C)cc2)n1C1CC1. The minimum absolute atomic E-state index is 0.0974. The molecular formula is C19H25N3OS. The fourth-order valence-corrected chi connectivity index (χ4v) is 3.81. The van der Waals surface area contributed by atoms with Crippen LogP contribution in [-0.2, 0) is 5.41 Å². The highest BCUT2D eigenvalue weighted by Gasteiger charge is 2.30. The molecule has 0 spiro atoms. The smallest absolute Gasteiger partial charge is 0.192 e. The van der Waals surface area contributed by atoms with Crippen molar-refractivity contribution >= 4 is 17.5 Å². The number of ketones is 1. The number of carbonyl (C=O) groups excluding carboxylic acids is 1. The number of thioether (sulfide) groups is 1. The van der Waals surface area contributed by atoms with Gasteiger partial charge in [-0.05, 0) is 37.7 Å². The van der Waals surface area contributed by atoms with Crippen molar-refractivity contribution in [2.45, 2.75) is 69.3 Å². The Hall–Kier alpha value is -1.62. The monoisotopic (exact) mass is 343 g/mol. The summed E-state index contributed by atoms with van der Waals surface area (Å²) in [6, 6.07) is 8.52. The van der Waals surface area contributed by atoms with E-state index < -0.39 is 0 Å². The third-order valence-electron chi connectivity index (χ3n) is 4.43. The second-order valence-corrected chi connectivity index (χ2v) is 8.89. The molecule has 1 fully saturated rings. The summed E-state index contributed by atoms with van der Waals surface area (Å²) in [6.07, 6.45) is 2.37. The lowest BCUT2D eigenvalue weighted by atomic mass is 9.86. The average molecular weight is 343 g/mol. The van der Waals surface area contributed by atoms with Crippen LogP contribution >= 0.6 is 11.8 Å². The lowest BCUT2D eigenvalue weighted by Crippen LogP contribution is -2.16. The van der Waals surface area contributed by atoms with E-state index in [2.05, 4.69) is 47.7 Å². The third-order valence-corrected chi connectivity index (χ3v) is 5.49. The van der Waals surface area contributed by atoms with Crippen LogP contribution in [0.4, 0.5) is 0 Å². The van der Waals surface area contributed by atoms with Crippen LogP contribution in [-0.4, -0.2) is 25.8 Å². The summed E-state index contributed by atoms with van der Waals surface area (Å²) in [4.78, 5) is 12.7. The molecule has 1 saturated carbocycles. The third kappa shape index (κ3) is 3.56. The number of carbonyl (C=O) groups is 1. The van der Waals surface area contributed by atoms with Crippen molar-refractivity contribution in [3.8, 4) is 0 Å². The van der Waals surface area contributed by atoms with Gasteiger partial charge in [0.2, 0.25) is 0 Å². The van der Waals surface area contributed by atoms with Gasteiger partial charge < -0.3 is 4.57 Å². The first kappa shape index (κ1) is 17.2. The summed E-state index contributed by atoms with van der Waals surface area (Å²) in [5.41, 5.74) is 2.10. The Morgan fingerprint density at radius 1 is 1.21 bits per heavy atom. The summed E-state index contributed by atoms with van der Waals surface area (Å²) in [6.45, 7) is 10.5. The Morgan fingerprint density at radius 3 is 2.38 bits per heavy atom. The van der Waals surface area contributed by atoms with Gasteiger partial charge in [-0.25, -0.2) is 0 Å². The van der Waals surface area contributed by atoms with Crippen molar-refractivity contribution in [3.05, 3.63) is 41.2 Å². The molecule has 1 heterocycles. The summed E-state index contributed by atoms with van der Waals surface area (Å²) < 4.78 is 2.18. The first-order valence-corrected chi connectivity index (χ1v) is 9.38. The number of aromatic nitrogens is 3. The van der Waals surface area contributed by atoms with Gasteiger partial charge >= 0.3 is 0 Å². The maximum Gasteiger partial charge on any atom is 0.192 e. The molecule has 24 heavy (non-hydrogen) atoms. The van der Waals surface area contributed by atoms with Crippen LogP contribution in [0.5, 0.6) is 0 Å². The molecule has 0 unspecified atom stereocenters. The zero-order chi connectivity index (χ0) is 17.5. The summed E-state index contributed by atoms with van der Waals surface area (Å²) >= 11 is 1.51. The molecule has 0 saturated heterocycles. The normalized spacial score (nSPS) is 16.2. The Labute approximate surface area is 148 Å². The molecular weight excluding hydrogens is 318 g/mol. The van der Waals surface area contributed by atoms with Crippen LogP contribution in [0.3, 0.4) is 0 Å². The lowest BCUT2D eigenvalue weighted by molar-refractivity contribution is 0.0993. The van der Waals surface area contributed by atoms with Crippen molar-refractivity contribution < 1.29 is 4.79 Å². The molecule has 4 nitrogen and oxygen atoms in total. The largest absolute Gasteiger partial charge is 0.303 e. The molecule has 1 aromatic heterocycles. The Kier molecular flexibility index (Phi) is 4.56. The fourth-order valence-electron chi connectivity index (χ4n) is 2.76. The van der Waals surface area contributed by atoms with E-state index in [9.17, 15) is 4.79 Å². The Bertz CT molecular complexity index is 739. The minimum Gasteiger partial charge on any atom is -0.303 e. The molecule has 0 amide bonds. The number of hydrogen-bond donors (Lipinski definition) is 0. The molecule has 3 rings (SSSR count). The van der Waals surface area contributed by atoms with Gasteiger partial charge in [0.1, 0.15) is 5.82 Å². The highest BCUT2D eigenvalue weighted by atomic mass is 32.2. The molecule has 2 aromatic rings. The maximum atomic E-state index is 12.7. The Morgan fingerprint density at radius 2 is 1.83 bits per heavy atom. The Balaban J connectivity index is 1.73. The van der Waals surface area contributed by atoms with Crippen molar-refractivity contribution in [2.75, 3.05) is 0 Å². The van der Waals surface area contributed by atoms with E-state index in [4.69, 9.17) is 0 Å². The van der Waals surface area contributed by atoms with Crippen molar-refractivity contribution in [1.82, 2.24) is 14.8 Å². The van der Waals surface area contributed by atoms with Gasteiger partial charge in [-0.15, -0.1) is 10.2 Å².